The summed E-state index contributed by atoms with van der Waals surface area (Å²) in [5.41, 5.74) is -0.207. The zero-order valence-electron chi connectivity index (χ0n) is 10.9. The lowest BCUT2D eigenvalue weighted by atomic mass is 10.1. The van der Waals surface area contributed by atoms with Crippen molar-refractivity contribution in [2.45, 2.75) is 37.8 Å². The van der Waals surface area contributed by atoms with E-state index in [1.807, 2.05) is 0 Å². The van der Waals surface area contributed by atoms with Crippen LogP contribution in [0, 0.1) is 0 Å². The molecule has 3 nitrogen and oxygen atoms in total. The van der Waals surface area contributed by atoms with E-state index in [0.717, 1.165) is 31.4 Å². The Hall–Kier alpha value is -1.11. The summed E-state index contributed by atoms with van der Waals surface area (Å²) in [4.78, 5) is 0. The molecule has 20 heavy (non-hydrogen) atoms. The van der Waals surface area contributed by atoms with Gasteiger partial charge in [0.05, 0.1) is 12.2 Å². The lowest BCUT2D eigenvalue weighted by Gasteiger charge is -2.27. The third kappa shape index (κ3) is 3.94. The van der Waals surface area contributed by atoms with Crippen LogP contribution in [0.15, 0.2) is 24.3 Å². The van der Waals surface area contributed by atoms with Gasteiger partial charge in [-0.15, -0.1) is 0 Å². The summed E-state index contributed by atoms with van der Waals surface area (Å²) in [6, 6.07) is 4.63. The standard InChI is InChI=1S/C14H17F3O3/c15-14(16,17)11-6-4-10(5-7-11)12(9-18)20-13-3-1-2-8-19-13/h4-7,12-13,18H,1-3,8-9H2/t12-,13+/m1/s1. The van der Waals surface area contributed by atoms with Gasteiger partial charge in [0, 0.05) is 6.61 Å². The van der Waals surface area contributed by atoms with Gasteiger partial charge >= 0.3 is 6.18 Å². The van der Waals surface area contributed by atoms with Crippen molar-refractivity contribution in [1.82, 2.24) is 0 Å². The Morgan fingerprint density at radius 2 is 1.95 bits per heavy atom. The van der Waals surface area contributed by atoms with Crippen LogP contribution in [0.1, 0.15) is 36.5 Å². The fourth-order valence-electron chi connectivity index (χ4n) is 2.12. The number of aliphatic hydroxyl groups excluding tert-OH is 1. The van der Waals surface area contributed by atoms with Crippen LogP contribution in [0.25, 0.3) is 0 Å². The molecule has 1 N–H and O–H groups in total. The van der Waals surface area contributed by atoms with Crippen molar-refractivity contribution >= 4 is 0 Å². The quantitative estimate of drug-likeness (QED) is 0.925. The highest BCUT2D eigenvalue weighted by Crippen LogP contribution is 2.31. The maximum atomic E-state index is 12.5. The molecule has 0 bridgehead atoms. The van der Waals surface area contributed by atoms with Crippen LogP contribution < -0.4 is 0 Å². The Labute approximate surface area is 115 Å². The van der Waals surface area contributed by atoms with Crippen LogP contribution in [0.2, 0.25) is 0 Å². The molecule has 1 aromatic rings. The van der Waals surface area contributed by atoms with E-state index in [1.165, 1.54) is 12.1 Å². The fourth-order valence-corrected chi connectivity index (χ4v) is 2.12. The molecule has 0 radical (unpaired) electrons. The molecule has 2 rings (SSSR count). The molecule has 2 atom stereocenters. The smallest absolute Gasteiger partial charge is 0.393 e. The maximum Gasteiger partial charge on any atom is 0.416 e. The number of ether oxygens (including phenoxy) is 2. The highest BCUT2D eigenvalue weighted by molar-refractivity contribution is 5.26. The Kier molecular flexibility index (Phi) is 5.01. The molecular formula is C14H17F3O3. The van der Waals surface area contributed by atoms with E-state index in [-0.39, 0.29) is 6.61 Å². The van der Waals surface area contributed by atoms with Gasteiger partial charge in [-0.3, -0.25) is 0 Å². The third-order valence-electron chi connectivity index (χ3n) is 3.23. The molecule has 1 aromatic carbocycles. The van der Waals surface area contributed by atoms with Gasteiger partial charge < -0.3 is 14.6 Å². The highest BCUT2D eigenvalue weighted by atomic mass is 19.4. The normalized spacial score (nSPS) is 21.7. The first-order chi connectivity index (χ1) is 9.50. The van der Waals surface area contributed by atoms with Crippen molar-refractivity contribution in [2.24, 2.45) is 0 Å². The predicted molar refractivity (Wildman–Crippen MR) is 65.9 cm³/mol. The minimum Gasteiger partial charge on any atom is -0.393 e. The van der Waals surface area contributed by atoms with Crippen molar-refractivity contribution in [3.05, 3.63) is 35.4 Å². The van der Waals surface area contributed by atoms with E-state index in [2.05, 4.69) is 0 Å². The molecule has 1 heterocycles. The van der Waals surface area contributed by atoms with Crippen molar-refractivity contribution in [2.75, 3.05) is 13.2 Å². The van der Waals surface area contributed by atoms with Gasteiger partial charge in [0.15, 0.2) is 6.29 Å². The fraction of sp³-hybridized carbons (Fsp3) is 0.571. The van der Waals surface area contributed by atoms with Gasteiger partial charge in [-0.25, -0.2) is 0 Å². The van der Waals surface area contributed by atoms with E-state index in [9.17, 15) is 18.3 Å². The number of aliphatic hydroxyl groups is 1. The highest BCUT2D eigenvalue weighted by Gasteiger charge is 2.30. The molecule has 1 saturated heterocycles. The predicted octanol–water partition coefficient (Wildman–Crippen LogP) is 3.28. The minimum atomic E-state index is -4.36. The lowest BCUT2D eigenvalue weighted by Crippen LogP contribution is -2.25. The average molecular weight is 290 g/mol. The van der Waals surface area contributed by atoms with E-state index < -0.39 is 24.1 Å². The summed E-state index contributed by atoms with van der Waals surface area (Å²) in [5.74, 6) is 0. The van der Waals surface area contributed by atoms with E-state index in [0.29, 0.717) is 12.2 Å². The molecule has 0 aliphatic carbocycles. The van der Waals surface area contributed by atoms with Crippen molar-refractivity contribution < 1.29 is 27.8 Å². The van der Waals surface area contributed by atoms with Crippen molar-refractivity contribution in [3.8, 4) is 0 Å². The summed E-state index contributed by atoms with van der Waals surface area (Å²) < 4.78 is 48.4. The van der Waals surface area contributed by atoms with Crippen LogP contribution in [-0.4, -0.2) is 24.6 Å². The van der Waals surface area contributed by atoms with Crippen LogP contribution >= 0.6 is 0 Å². The Morgan fingerprint density at radius 3 is 2.45 bits per heavy atom. The third-order valence-corrected chi connectivity index (χ3v) is 3.23. The first kappa shape index (κ1) is 15.3. The molecular weight excluding hydrogens is 273 g/mol. The average Bonchev–Trinajstić information content (AvgIpc) is 2.45. The van der Waals surface area contributed by atoms with Gasteiger partial charge in [0.1, 0.15) is 6.10 Å². The van der Waals surface area contributed by atoms with Crippen molar-refractivity contribution in [3.63, 3.8) is 0 Å². The molecule has 0 amide bonds. The number of hydrogen-bond donors (Lipinski definition) is 1. The molecule has 1 aliphatic heterocycles. The monoisotopic (exact) mass is 290 g/mol. The molecule has 1 aliphatic rings. The lowest BCUT2D eigenvalue weighted by molar-refractivity contribution is -0.196. The maximum absolute atomic E-state index is 12.5. The molecule has 1 fully saturated rings. The van der Waals surface area contributed by atoms with Crippen LogP contribution in [0.5, 0.6) is 0 Å². The Bertz CT molecular complexity index is 411. The van der Waals surface area contributed by atoms with Gasteiger partial charge in [0.2, 0.25) is 0 Å². The second-order valence-electron chi connectivity index (χ2n) is 4.72. The number of hydrogen-bond acceptors (Lipinski definition) is 3. The molecule has 6 heteroatoms. The second-order valence-corrected chi connectivity index (χ2v) is 4.72. The summed E-state index contributed by atoms with van der Waals surface area (Å²) in [6.45, 7) is 0.307. The topological polar surface area (TPSA) is 38.7 Å². The summed E-state index contributed by atoms with van der Waals surface area (Å²) >= 11 is 0. The number of rotatable bonds is 4. The van der Waals surface area contributed by atoms with Gasteiger partial charge in [-0.1, -0.05) is 12.1 Å². The molecule has 0 unspecified atom stereocenters. The minimum absolute atomic E-state index is 0.300. The zero-order chi connectivity index (χ0) is 14.6. The van der Waals surface area contributed by atoms with Crippen LogP contribution in [-0.2, 0) is 15.7 Å². The number of alkyl halides is 3. The molecule has 0 aromatic heterocycles. The first-order valence-corrected chi connectivity index (χ1v) is 6.56. The van der Waals surface area contributed by atoms with Gasteiger partial charge in [-0.05, 0) is 37.0 Å². The number of benzene rings is 1. The van der Waals surface area contributed by atoms with E-state index in [4.69, 9.17) is 9.47 Å². The summed E-state index contributed by atoms with van der Waals surface area (Å²) in [6.07, 6.45) is -2.74. The van der Waals surface area contributed by atoms with E-state index in [1.54, 1.807) is 0 Å². The SMILES string of the molecule is OC[C@@H](O[C@H]1CCCCO1)c1ccc(C(F)(F)F)cc1. The van der Waals surface area contributed by atoms with Crippen molar-refractivity contribution in [1.29, 1.82) is 0 Å². The molecule has 0 saturated carbocycles. The number of halogens is 3. The first-order valence-electron chi connectivity index (χ1n) is 6.56. The Balaban J connectivity index is 2.03. The summed E-state index contributed by atoms with van der Waals surface area (Å²) in [7, 11) is 0. The molecule has 112 valence electrons. The Morgan fingerprint density at radius 1 is 1.25 bits per heavy atom. The zero-order valence-corrected chi connectivity index (χ0v) is 10.9. The molecule has 0 spiro atoms. The van der Waals surface area contributed by atoms with Gasteiger partial charge in [0.25, 0.3) is 0 Å². The summed E-state index contributed by atoms with van der Waals surface area (Å²) in [5, 5.41) is 9.34. The largest absolute Gasteiger partial charge is 0.416 e. The van der Waals surface area contributed by atoms with Crippen LogP contribution in [0.4, 0.5) is 13.2 Å². The second kappa shape index (κ2) is 6.56. The van der Waals surface area contributed by atoms with Crippen LogP contribution in [0.3, 0.4) is 0 Å². The van der Waals surface area contributed by atoms with E-state index >= 15 is 0 Å². The van der Waals surface area contributed by atoms with Gasteiger partial charge in [-0.2, -0.15) is 13.2 Å².